The average molecular weight is 248 g/mol. The maximum atomic E-state index is 2.40. The van der Waals surface area contributed by atoms with Crippen molar-refractivity contribution in [3.05, 3.63) is 62.7 Å². The summed E-state index contributed by atoms with van der Waals surface area (Å²) in [5.74, 6) is 0. The molecule has 2 aliphatic carbocycles. The molecular formula is C14H18P2. The second-order valence-corrected chi connectivity index (χ2v) is 8.85. The van der Waals surface area contributed by atoms with Crippen LogP contribution in [0.2, 0.25) is 0 Å². The summed E-state index contributed by atoms with van der Waals surface area (Å²) in [5, 5.41) is 0. The zero-order chi connectivity index (χ0) is 11.4. The Hall–Kier alpha value is 0.860. The largest absolute Gasteiger partial charge is 0.102 e. The van der Waals surface area contributed by atoms with Gasteiger partial charge in [0.05, 0.1) is 0 Å². The SMILES string of the molecule is CP(CCP(C)[C]1[CH][CH][CH][CH]1)[C]1[CH][CH][CH][CH]1. The Morgan fingerprint density at radius 2 is 1.00 bits per heavy atom. The lowest BCUT2D eigenvalue weighted by Crippen LogP contribution is -2.00. The third-order valence-electron chi connectivity index (χ3n) is 2.94. The molecule has 0 aromatic heterocycles. The topological polar surface area (TPSA) is 0 Å². The molecule has 2 saturated carbocycles. The fourth-order valence-corrected chi connectivity index (χ4v) is 6.07. The van der Waals surface area contributed by atoms with Crippen molar-refractivity contribution >= 4 is 15.8 Å². The molecule has 2 heteroatoms. The number of hydrogen-bond donors (Lipinski definition) is 0. The van der Waals surface area contributed by atoms with E-state index in [1.54, 1.807) is 11.3 Å². The highest BCUT2D eigenvalue weighted by Crippen LogP contribution is 2.55. The third-order valence-corrected chi connectivity index (χ3v) is 7.44. The Labute approximate surface area is 104 Å². The van der Waals surface area contributed by atoms with Gasteiger partial charge in [-0.3, -0.25) is 0 Å². The van der Waals surface area contributed by atoms with Gasteiger partial charge in [0, 0.05) is 11.3 Å². The van der Waals surface area contributed by atoms with Gasteiger partial charge in [-0.05, 0) is 77.0 Å². The first kappa shape index (κ1) is 13.3. The maximum absolute atomic E-state index is 2.40. The van der Waals surface area contributed by atoms with E-state index in [-0.39, 0.29) is 15.8 Å². The van der Waals surface area contributed by atoms with Crippen molar-refractivity contribution in [3.8, 4) is 0 Å². The molecule has 2 rings (SSSR count). The van der Waals surface area contributed by atoms with Crippen LogP contribution in [0.15, 0.2) is 0 Å². The summed E-state index contributed by atoms with van der Waals surface area (Å²) in [5.41, 5.74) is 3.11. The molecule has 0 nitrogen and oxygen atoms in total. The molecular weight excluding hydrogens is 230 g/mol. The predicted octanol–water partition coefficient (Wildman–Crippen LogP) is 3.94. The molecule has 0 aliphatic heterocycles. The molecule has 16 heavy (non-hydrogen) atoms. The van der Waals surface area contributed by atoms with Gasteiger partial charge in [0.1, 0.15) is 0 Å². The van der Waals surface area contributed by atoms with E-state index >= 15 is 0 Å². The van der Waals surface area contributed by atoms with E-state index in [0.717, 1.165) is 0 Å². The standard InChI is InChI=1S/C14H18P2/c1-15(13-7-3-4-8-13)11-12-16(2)14-9-5-6-10-14/h3-10H,11-12H2,1-2H3. The van der Waals surface area contributed by atoms with Crippen molar-refractivity contribution in [2.45, 2.75) is 0 Å². The van der Waals surface area contributed by atoms with Gasteiger partial charge in [-0.2, -0.15) is 0 Å². The zero-order valence-electron chi connectivity index (χ0n) is 9.93. The monoisotopic (exact) mass is 248 g/mol. The van der Waals surface area contributed by atoms with Gasteiger partial charge in [-0.1, -0.05) is 0 Å². The average Bonchev–Trinajstić information content (AvgIpc) is 2.95. The van der Waals surface area contributed by atoms with Crippen LogP contribution >= 0.6 is 15.8 Å². The van der Waals surface area contributed by atoms with Crippen LogP contribution in [0, 0.1) is 62.7 Å². The molecule has 0 aromatic carbocycles. The van der Waals surface area contributed by atoms with Crippen molar-refractivity contribution in [1.82, 2.24) is 0 Å². The molecule has 0 spiro atoms. The predicted molar refractivity (Wildman–Crippen MR) is 76.3 cm³/mol. The Bertz CT molecular complexity index is 171. The Balaban J connectivity index is 1.65. The second kappa shape index (κ2) is 6.70. The fourth-order valence-electron chi connectivity index (χ4n) is 1.79. The first-order valence-corrected chi connectivity index (χ1v) is 9.58. The molecule has 0 amide bonds. The van der Waals surface area contributed by atoms with Crippen molar-refractivity contribution in [2.75, 3.05) is 25.7 Å². The molecule has 2 unspecified atom stereocenters. The lowest BCUT2D eigenvalue weighted by molar-refractivity contribution is 1.40. The van der Waals surface area contributed by atoms with E-state index in [0.29, 0.717) is 0 Å². The van der Waals surface area contributed by atoms with E-state index in [4.69, 9.17) is 0 Å². The van der Waals surface area contributed by atoms with Crippen molar-refractivity contribution in [1.29, 1.82) is 0 Å². The van der Waals surface area contributed by atoms with Crippen LogP contribution in [-0.2, 0) is 0 Å². The molecule has 0 heterocycles. The van der Waals surface area contributed by atoms with Crippen LogP contribution in [-0.4, -0.2) is 25.7 Å². The fraction of sp³-hybridized carbons (Fsp3) is 0.286. The lowest BCUT2D eigenvalue weighted by atomic mass is 10.4. The van der Waals surface area contributed by atoms with Gasteiger partial charge in [-0.25, -0.2) is 0 Å². The van der Waals surface area contributed by atoms with E-state index < -0.39 is 0 Å². The van der Waals surface area contributed by atoms with Gasteiger partial charge in [-0.15, -0.1) is 15.8 Å². The highest BCUT2D eigenvalue weighted by molar-refractivity contribution is 7.64. The third kappa shape index (κ3) is 3.68. The Morgan fingerprint density at radius 1 is 0.688 bits per heavy atom. The minimum atomic E-state index is 0.0692. The van der Waals surface area contributed by atoms with Gasteiger partial charge in [0.25, 0.3) is 0 Å². The van der Waals surface area contributed by atoms with E-state index in [9.17, 15) is 0 Å². The number of rotatable bonds is 5. The molecule has 10 radical (unpaired) electrons. The molecule has 84 valence electrons. The highest BCUT2D eigenvalue weighted by atomic mass is 31.1. The van der Waals surface area contributed by atoms with Gasteiger partial charge in [0.15, 0.2) is 0 Å². The lowest BCUT2D eigenvalue weighted by Gasteiger charge is -2.23. The van der Waals surface area contributed by atoms with Crippen LogP contribution in [0.25, 0.3) is 0 Å². The summed E-state index contributed by atoms with van der Waals surface area (Å²) in [6.07, 6.45) is 20.4. The van der Waals surface area contributed by atoms with Gasteiger partial charge >= 0.3 is 0 Å². The second-order valence-electron chi connectivity index (χ2n) is 4.13. The van der Waals surface area contributed by atoms with Crippen LogP contribution in [0.1, 0.15) is 0 Å². The molecule has 2 aliphatic rings. The van der Waals surface area contributed by atoms with Gasteiger partial charge < -0.3 is 0 Å². The van der Waals surface area contributed by atoms with Crippen LogP contribution in [0.4, 0.5) is 0 Å². The minimum absolute atomic E-state index is 0.0692. The molecule has 2 atom stereocenters. The van der Waals surface area contributed by atoms with Gasteiger partial charge in [0.2, 0.25) is 0 Å². The first-order chi connectivity index (χ1) is 7.77. The Kier molecular flexibility index (Phi) is 5.57. The molecule has 0 aromatic rings. The summed E-state index contributed by atoms with van der Waals surface area (Å²) in [7, 11) is 0.138. The molecule has 2 fully saturated rings. The Morgan fingerprint density at radius 3 is 1.31 bits per heavy atom. The van der Waals surface area contributed by atoms with E-state index in [2.05, 4.69) is 64.7 Å². The van der Waals surface area contributed by atoms with E-state index in [1.807, 2.05) is 0 Å². The minimum Gasteiger partial charge on any atom is -0.102 e. The summed E-state index contributed by atoms with van der Waals surface area (Å²) in [4.78, 5) is 0. The normalized spacial score (nSPS) is 27.4. The molecule has 0 bridgehead atoms. The van der Waals surface area contributed by atoms with Crippen LogP contribution < -0.4 is 0 Å². The quantitative estimate of drug-likeness (QED) is 0.646. The zero-order valence-corrected chi connectivity index (χ0v) is 11.7. The summed E-state index contributed by atoms with van der Waals surface area (Å²) in [6.45, 7) is 4.80. The maximum Gasteiger partial charge on any atom is 0.00727 e. The summed E-state index contributed by atoms with van der Waals surface area (Å²) in [6, 6.07) is 0. The molecule has 0 saturated heterocycles. The smallest absolute Gasteiger partial charge is 0.00727 e. The number of hydrogen-bond acceptors (Lipinski definition) is 0. The van der Waals surface area contributed by atoms with Crippen molar-refractivity contribution in [2.24, 2.45) is 0 Å². The summed E-state index contributed by atoms with van der Waals surface area (Å²) >= 11 is 0. The molecule has 0 N–H and O–H groups in total. The van der Waals surface area contributed by atoms with Crippen LogP contribution in [0.3, 0.4) is 0 Å². The highest BCUT2D eigenvalue weighted by Gasteiger charge is 2.26. The summed E-state index contributed by atoms with van der Waals surface area (Å²) < 4.78 is 0. The van der Waals surface area contributed by atoms with Crippen molar-refractivity contribution < 1.29 is 0 Å². The first-order valence-electron chi connectivity index (χ1n) is 5.63. The van der Waals surface area contributed by atoms with Crippen LogP contribution in [0.5, 0.6) is 0 Å². The van der Waals surface area contributed by atoms with E-state index in [1.165, 1.54) is 12.3 Å². The van der Waals surface area contributed by atoms with Crippen molar-refractivity contribution in [3.63, 3.8) is 0 Å².